The number of hydrogen-bond donors (Lipinski definition) is 1. The Balaban J connectivity index is 2.20. The van der Waals surface area contributed by atoms with Crippen molar-refractivity contribution in [2.45, 2.75) is 38.3 Å². The second kappa shape index (κ2) is 4.88. The molecule has 0 radical (unpaired) electrons. The minimum atomic E-state index is -0.740. The van der Waals surface area contributed by atoms with E-state index in [1.807, 2.05) is 44.2 Å². The lowest BCUT2D eigenvalue weighted by atomic mass is 9.89. The molecule has 0 saturated carbocycles. The second-order valence-corrected chi connectivity index (χ2v) is 4.44. The highest BCUT2D eigenvalue weighted by Gasteiger charge is 2.37. The monoisotopic (exact) mass is 233 g/mol. The Morgan fingerprint density at radius 3 is 2.53 bits per heavy atom. The summed E-state index contributed by atoms with van der Waals surface area (Å²) in [5, 5.41) is 10.4. The average Bonchev–Trinajstić information content (AvgIpc) is 2.89. The molecule has 1 N–H and O–H groups in total. The Morgan fingerprint density at radius 2 is 1.94 bits per heavy atom. The van der Waals surface area contributed by atoms with Crippen molar-refractivity contribution in [3.05, 3.63) is 35.9 Å². The van der Waals surface area contributed by atoms with Crippen LogP contribution in [0.5, 0.6) is 0 Å². The molecule has 0 amide bonds. The van der Waals surface area contributed by atoms with Crippen molar-refractivity contribution in [2.24, 2.45) is 4.99 Å². The number of rotatable bonds is 4. The predicted octanol–water partition coefficient (Wildman–Crippen LogP) is 2.38. The molecular weight excluding hydrogens is 214 g/mol. The first-order valence-electron chi connectivity index (χ1n) is 6.18. The van der Waals surface area contributed by atoms with Gasteiger partial charge in [-0.3, -0.25) is 0 Å². The van der Waals surface area contributed by atoms with E-state index in [1.165, 1.54) is 0 Å². The lowest BCUT2D eigenvalue weighted by molar-refractivity contribution is 0.000549. The molecule has 17 heavy (non-hydrogen) atoms. The van der Waals surface area contributed by atoms with Crippen LogP contribution in [0, 0.1) is 0 Å². The zero-order chi connectivity index (χ0) is 12.3. The van der Waals surface area contributed by atoms with Gasteiger partial charge in [0.05, 0.1) is 5.60 Å². The van der Waals surface area contributed by atoms with Gasteiger partial charge in [0.15, 0.2) is 0 Å². The maximum Gasteiger partial charge on any atom is 0.216 e. The summed E-state index contributed by atoms with van der Waals surface area (Å²) in [5.74, 6) is 0.649. The van der Waals surface area contributed by atoms with Crippen molar-refractivity contribution in [1.82, 2.24) is 0 Å². The van der Waals surface area contributed by atoms with E-state index in [2.05, 4.69) is 4.99 Å². The highest BCUT2D eigenvalue weighted by Crippen LogP contribution is 2.26. The second-order valence-electron chi connectivity index (χ2n) is 4.44. The molecule has 1 aromatic carbocycles. The molecule has 1 heterocycles. The molecule has 92 valence electrons. The largest absolute Gasteiger partial charge is 0.475 e. The molecule has 1 aliphatic heterocycles. The maximum absolute atomic E-state index is 10.4. The molecule has 1 aromatic rings. The summed E-state index contributed by atoms with van der Waals surface area (Å²) in [6, 6.07) is 9.68. The van der Waals surface area contributed by atoms with Crippen LogP contribution in [-0.2, 0) is 4.74 Å². The van der Waals surface area contributed by atoms with Gasteiger partial charge < -0.3 is 9.84 Å². The van der Waals surface area contributed by atoms with Crippen LogP contribution in [-0.4, -0.2) is 29.3 Å². The van der Waals surface area contributed by atoms with Gasteiger partial charge in [0.25, 0.3) is 0 Å². The molecule has 2 rings (SSSR count). The van der Waals surface area contributed by atoms with Crippen molar-refractivity contribution < 1.29 is 9.84 Å². The molecule has 3 nitrogen and oxygen atoms in total. The zero-order valence-electron chi connectivity index (χ0n) is 10.4. The number of hydrogen-bond acceptors (Lipinski definition) is 3. The van der Waals surface area contributed by atoms with Crippen molar-refractivity contribution in [2.75, 3.05) is 6.61 Å². The number of nitrogens with zero attached hydrogens (tertiary/aromatic N) is 1. The smallest absolute Gasteiger partial charge is 0.216 e. The summed E-state index contributed by atoms with van der Waals surface area (Å²) in [6.45, 7) is 4.45. The topological polar surface area (TPSA) is 41.8 Å². The van der Waals surface area contributed by atoms with E-state index in [9.17, 15) is 5.11 Å². The zero-order valence-corrected chi connectivity index (χ0v) is 10.4. The number of aliphatic hydroxyl groups is 1. The fraction of sp³-hybridized carbons (Fsp3) is 0.500. The molecule has 0 bridgehead atoms. The quantitative estimate of drug-likeness (QED) is 0.867. The van der Waals surface area contributed by atoms with Crippen LogP contribution in [0.1, 0.15) is 32.3 Å². The van der Waals surface area contributed by atoms with Crippen LogP contribution in [0.2, 0.25) is 0 Å². The fourth-order valence-electron chi connectivity index (χ4n) is 2.11. The summed E-state index contributed by atoms with van der Waals surface area (Å²) in [7, 11) is 0. The lowest BCUT2D eigenvalue weighted by Crippen LogP contribution is -2.40. The predicted molar refractivity (Wildman–Crippen MR) is 68.3 cm³/mol. The minimum Gasteiger partial charge on any atom is -0.475 e. The Kier molecular flexibility index (Phi) is 3.48. The van der Waals surface area contributed by atoms with Crippen LogP contribution >= 0.6 is 0 Å². The van der Waals surface area contributed by atoms with Gasteiger partial charge in [-0.05, 0) is 25.0 Å². The first-order valence-corrected chi connectivity index (χ1v) is 6.18. The van der Waals surface area contributed by atoms with E-state index in [-0.39, 0.29) is 6.04 Å². The van der Waals surface area contributed by atoms with Gasteiger partial charge in [0, 0.05) is 5.56 Å². The normalized spacial score (nSPS) is 19.9. The summed E-state index contributed by atoms with van der Waals surface area (Å²) >= 11 is 0. The van der Waals surface area contributed by atoms with Crippen molar-refractivity contribution in [3.8, 4) is 0 Å². The van der Waals surface area contributed by atoms with E-state index in [4.69, 9.17) is 4.74 Å². The first-order chi connectivity index (χ1) is 8.19. The van der Waals surface area contributed by atoms with Crippen LogP contribution in [0.25, 0.3) is 0 Å². The van der Waals surface area contributed by atoms with Crippen molar-refractivity contribution in [3.63, 3.8) is 0 Å². The van der Waals surface area contributed by atoms with Gasteiger partial charge in [-0.1, -0.05) is 32.0 Å². The molecular formula is C14H19NO2. The molecule has 3 heteroatoms. The van der Waals surface area contributed by atoms with Gasteiger partial charge in [-0.15, -0.1) is 0 Å². The standard InChI is InChI=1S/C14H19NO2/c1-3-14(16,4-2)12-10-17-13(15-12)11-8-6-5-7-9-11/h5-9,12,16H,3-4,10H2,1-2H3/t12-/m0/s1. The first kappa shape index (κ1) is 12.1. The van der Waals surface area contributed by atoms with Gasteiger partial charge >= 0.3 is 0 Å². The Labute approximate surface area is 102 Å². The molecule has 0 saturated heterocycles. The Hall–Kier alpha value is -1.35. The van der Waals surface area contributed by atoms with Gasteiger partial charge in [0.2, 0.25) is 5.90 Å². The molecule has 0 spiro atoms. The third kappa shape index (κ3) is 2.34. The number of aliphatic imine (C=N–C) groups is 1. The third-order valence-corrected chi connectivity index (χ3v) is 3.52. The summed E-state index contributed by atoms with van der Waals surface area (Å²) in [6.07, 6.45) is 1.40. The molecule has 0 fully saturated rings. The van der Waals surface area contributed by atoms with E-state index in [0.717, 1.165) is 5.56 Å². The van der Waals surface area contributed by atoms with E-state index < -0.39 is 5.60 Å². The molecule has 0 aliphatic carbocycles. The lowest BCUT2D eigenvalue weighted by Gasteiger charge is -2.28. The third-order valence-electron chi connectivity index (χ3n) is 3.52. The van der Waals surface area contributed by atoms with Crippen molar-refractivity contribution in [1.29, 1.82) is 0 Å². The summed E-state index contributed by atoms with van der Waals surface area (Å²) < 4.78 is 5.59. The number of benzene rings is 1. The molecule has 1 atom stereocenters. The highest BCUT2D eigenvalue weighted by molar-refractivity contribution is 5.95. The van der Waals surface area contributed by atoms with E-state index in [1.54, 1.807) is 0 Å². The summed E-state index contributed by atoms with van der Waals surface area (Å²) in [4.78, 5) is 4.52. The van der Waals surface area contributed by atoms with Gasteiger partial charge in [0.1, 0.15) is 12.6 Å². The Bertz CT molecular complexity index is 396. The van der Waals surface area contributed by atoms with Crippen LogP contribution in [0.3, 0.4) is 0 Å². The van der Waals surface area contributed by atoms with Gasteiger partial charge in [-0.25, -0.2) is 4.99 Å². The van der Waals surface area contributed by atoms with E-state index in [0.29, 0.717) is 25.3 Å². The Morgan fingerprint density at radius 1 is 1.29 bits per heavy atom. The maximum atomic E-state index is 10.4. The highest BCUT2D eigenvalue weighted by atomic mass is 16.5. The molecule has 0 unspecified atom stereocenters. The van der Waals surface area contributed by atoms with Gasteiger partial charge in [-0.2, -0.15) is 0 Å². The SMILES string of the molecule is CCC(O)(CC)[C@@H]1COC(c2ccccc2)=N1. The average molecular weight is 233 g/mol. The van der Waals surface area contributed by atoms with Crippen molar-refractivity contribution >= 4 is 5.90 Å². The molecule has 1 aliphatic rings. The molecule has 0 aromatic heterocycles. The van der Waals surface area contributed by atoms with Crippen LogP contribution in [0.4, 0.5) is 0 Å². The fourth-order valence-corrected chi connectivity index (χ4v) is 2.11. The summed E-state index contributed by atoms with van der Waals surface area (Å²) in [5.41, 5.74) is 0.237. The van der Waals surface area contributed by atoms with Crippen LogP contribution < -0.4 is 0 Å². The van der Waals surface area contributed by atoms with E-state index >= 15 is 0 Å². The number of ether oxygens (including phenoxy) is 1. The van der Waals surface area contributed by atoms with Crippen LogP contribution in [0.15, 0.2) is 35.3 Å². The minimum absolute atomic E-state index is 0.146.